The molecular formula is C18H24ClFN6O. The van der Waals surface area contributed by atoms with Gasteiger partial charge in [0.15, 0.2) is 5.69 Å². The molecule has 1 N–H and O–H groups in total. The van der Waals surface area contributed by atoms with Crippen LogP contribution < -0.4 is 5.32 Å². The molecule has 2 fully saturated rings. The molecule has 7 nitrogen and oxygen atoms in total. The maximum atomic E-state index is 13.3. The van der Waals surface area contributed by atoms with Crippen LogP contribution in [-0.2, 0) is 0 Å². The number of halogens is 2. The molecule has 2 aliphatic heterocycles. The Hall–Kier alpha value is -2.03. The Balaban J connectivity index is 0.00000210. The van der Waals surface area contributed by atoms with Gasteiger partial charge < -0.3 is 10.2 Å². The lowest BCUT2D eigenvalue weighted by Crippen LogP contribution is -2.49. The Kier molecular flexibility index (Phi) is 6.08. The highest BCUT2D eigenvalue weighted by molar-refractivity contribution is 5.92. The van der Waals surface area contributed by atoms with E-state index in [0.29, 0.717) is 11.7 Å². The quantitative estimate of drug-likeness (QED) is 0.848. The predicted molar refractivity (Wildman–Crippen MR) is 102 cm³/mol. The molecule has 1 amide bonds. The summed E-state index contributed by atoms with van der Waals surface area (Å²) >= 11 is 0. The Morgan fingerprint density at radius 3 is 2.78 bits per heavy atom. The van der Waals surface area contributed by atoms with Gasteiger partial charge >= 0.3 is 0 Å². The van der Waals surface area contributed by atoms with Gasteiger partial charge in [0.25, 0.3) is 5.91 Å². The molecule has 146 valence electrons. The molecular weight excluding hydrogens is 371 g/mol. The van der Waals surface area contributed by atoms with Gasteiger partial charge in [0.2, 0.25) is 0 Å². The van der Waals surface area contributed by atoms with E-state index < -0.39 is 0 Å². The number of benzene rings is 1. The maximum Gasteiger partial charge on any atom is 0.276 e. The molecule has 3 heterocycles. The van der Waals surface area contributed by atoms with Crippen LogP contribution in [0.5, 0.6) is 0 Å². The van der Waals surface area contributed by atoms with Crippen molar-refractivity contribution in [1.82, 2.24) is 30.1 Å². The standard InChI is InChI=1S/C18H23FN6O.ClH/c1-13-10-14(19)2-3-17(13)25-12-16(21-22-25)18(26)24-7-4-15(11-24)23-8-5-20-6-9-23;/h2-3,10,12,15,20H,4-9,11H2,1H3;1H. The number of amides is 1. The summed E-state index contributed by atoms with van der Waals surface area (Å²) in [7, 11) is 0. The first-order valence-corrected chi connectivity index (χ1v) is 9.05. The second-order valence-electron chi connectivity index (χ2n) is 6.96. The zero-order chi connectivity index (χ0) is 18.1. The number of aryl methyl sites for hydroxylation is 1. The van der Waals surface area contributed by atoms with Crippen LogP contribution in [0.3, 0.4) is 0 Å². The molecule has 1 atom stereocenters. The lowest BCUT2D eigenvalue weighted by atomic mass is 10.2. The van der Waals surface area contributed by atoms with Crippen LogP contribution in [0.2, 0.25) is 0 Å². The molecule has 1 aromatic carbocycles. The Bertz CT molecular complexity index is 807. The number of nitrogens with one attached hydrogen (secondary N) is 1. The molecule has 27 heavy (non-hydrogen) atoms. The summed E-state index contributed by atoms with van der Waals surface area (Å²) in [5, 5.41) is 11.5. The molecule has 2 aliphatic rings. The summed E-state index contributed by atoms with van der Waals surface area (Å²) < 4.78 is 14.8. The summed E-state index contributed by atoms with van der Waals surface area (Å²) in [4.78, 5) is 17.1. The molecule has 0 bridgehead atoms. The summed E-state index contributed by atoms with van der Waals surface area (Å²) in [5.41, 5.74) is 1.79. The fraction of sp³-hybridized carbons (Fsp3) is 0.500. The highest BCUT2D eigenvalue weighted by Crippen LogP contribution is 2.19. The van der Waals surface area contributed by atoms with Gasteiger partial charge in [0.05, 0.1) is 11.9 Å². The topological polar surface area (TPSA) is 66.3 Å². The fourth-order valence-corrected chi connectivity index (χ4v) is 3.79. The number of likely N-dealkylation sites (tertiary alicyclic amines) is 1. The zero-order valence-corrected chi connectivity index (χ0v) is 16.1. The summed E-state index contributed by atoms with van der Waals surface area (Å²) in [6, 6.07) is 4.89. The molecule has 9 heteroatoms. The van der Waals surface area contributed by atoms with Crippen molar-refractivity contribution < 1.29 is 9.18 Å². The summed E-state index contributed by atoms with van der Waals surface area (Å²) in [5.74, 6) is -0.382. The largest absolute Gasteiger partial charge is 0.336 e. The number of hydrogen-bond donors (Lipinski definition) is 1. The molecule has 1 aromatic heterocycles. The van der Waals surface area contributed by atoms with Crippen molar-refractivity contribution in [3.05, 3.63) is 41.5 Å². The molecule has 4 rings (SSSR count). The van der Waals surface area contributed by atoms with Crippen molar-refractivity contribution in [2.24, 2.45) is 0 Å². The first kappa shape index (κ1) is 19.7. The van der Waals surface area contributed by atoms with Crippen LogP contribution in [0.1, 0.15) is 22.5 Å². The van der Waals surface area contributed by atoms with E-state index in [1.165, 1.54) is 16.8 Å². The Morgan fingerprint density at radius 1 is 1.26 bits per heavy atom. The lowest BCUT2D eigenvalue weighted by Gasteiger charge is -2.32. The van der Waals surface area contributed by atoms with Crippen LogP contribution in [0, 0.1) is 12.7 Å². The fourth-order valence-electron chi connectivity index (χ4n) is 3.79. The number of hydrogen-bond acceptors (Lipinski definition) is 5. The minimum absolute atomic E-state index is 0. The normalized spacial score (nSPS) is 20.5. The zero-order valence-electron chi connectivity index (χ0n) is 15.3. The van der Waals surface area contributed by atoms with E-state index in [9.17, 15) is 9.18 Å². The van der Waals surface area contributed by atoms with Crippen LogP contribution >= 0.6 is 12.4 Å². The molecule has 0 radical (unpaired) electrons. The number of carbonyl (C=O) groups is 1. The van der Waals surface area contributed by atoms with Crippen LogP contribution in [0.15, 0.2) is 24.4 Å². The van der Waals surface area contributed by atoms with Crippen LogP contribution in [0.25, 0.3) is 5.69 Å². The monoisotopic (exact) mass is 394 g/mol. The minimum atomic E-state index is -0.293. The van der Waals surface area contributed by atoms with Gasteiger partial charge in [-0.15, -0.1) is 17.5 Å². The van der Waals surface area contributed by atoms with Crippen molar-refractivity contribution >= 4 is 18.3 Å². The third-order valence-corrected chi connectivity index (χ3v) is 5.24. The third-order valence-electron chi connectivity index (χ3n) is 5.24. The second-order valence-corrected chi connectivity index (χ2v) is 6.96. The SMILES string of the molecule is Cc1cc(F)ccc1-n1cc(C(=O)N2CCC(N3CCNCC3)C2)nn1.Cl. The van der Waals surface area contributed by atoms with Gasteiger partial charge in [-0.2, -0.15) is 0 Å². The molecule has 2 aromatic rings. The lowest BCUT2D eigenvalue weighted by molar-refractivity contribution is 0.0767. The van der Waals surface area contributed by atoms with E-state index in [0.717, 1.165) is 56.9 Å². The van der Waals surface area contributed by atoms with Gasteiger partial charge in [-0.3, -0.25) is 9.69 Å². The van der Waals surface area contributed by atoms with Crippen molar-refractivity contribution in [1.29, 1.82) is 0 Å². The van der Waals surface area contributed by atoms with Gasteiger partial charge in [-0.25, -0.2) is 9.07 Å². The van der Waals surface area contributed by atoms with E-state index in [1.54, 1.807) is 19.2 Å². The van der Waals surface area contributed by atoms with Gasteiger partial charge in [0, 0.05) is 45.3 Å². The molecule has 2 saturated heterocycles. The smallest absolute Gasteiger partial charge is 0.276 e. The first-order chi connectivity index (χ1) is 12.6. The minimum Gasteiger partial charge on any atom is -0.336 e. The molecule has 0 saturated carbocycles. The van der Waals surface area contributed by atoms with Crippen LogP contribution in [-0.4, -0.2) is 76.0 Å². The summed E-state index contributed by atoms with van der Waals surface area (Å²) in [6.45, 7) is 7.38. The van der Waals surface area contributed by atoms with E-state index in [2.05, 4.69) is 20.5 Å². The van der Waals surface area contributed by atoms with Crippen molar-refractivity contribution in [3.8, 4) is 5.69 Å². The summed E-state index contributed by atoms with van der Waals surface area (Å²) in [6.07, 6.45) is 2.62. The average molecular weight is 395 g/mol. The number of nitrogens with zero attached hydrogens (tertiary/aromatic N) is 5. The van der Waals surface area contributed by atoms with Crippen molar-refractivity contribution in [3.63, 3.8) is 0 Å². The Morgan fingerprint density at radius 2 is 2.04 bits per heavy atom. The second kappa shape index (κ2) is 8.33. The first-order valence-electron chi connectivity index (χ1n) is 9.05. The molecule has 0 spiro atoms. The van der Waals surface area contributed by atoms with E-state index >= 15 is 0 Å². The van der Waals surface area contributed by atoms with E-state index in [4.69, 9.17) is 0 Å². The average Bonchev–Trinajstić information content (AvgIpc) is 3.32. The van der Waals surface area contributed by atoms with Gasteiger partial charge in [-0.05, 0) is 37.1 Å². The van der Waals surface area contributed by atoms with Crippen LogP contribution in [0.4, 0.5) is 4.39 Å². The van der Waals surface area contributed by atoms with Gasteiger partial charge in [0.1, 0.15) is 5.82 Å². The highest BCUT2D eigenvalue weighted by Gasteiger charge is 2.32. The van der Waals surface area contributed by atoms with Gasteiger partial charge in [-0.1, -0.05) is 5.21 Å². The number of piperazine rings is 1. The Labute approximate surface area is 163 Å². The number of carbonyl (C=O) groups excluding carboxylic acids is 1. The van der Waals surface area contributed by atoms with E-state index in [-0.39, 0.29) is 24.1 Å². The number of aromatic nitrogens is 3. The molecule has 0 aliphatic carbocycles. The third kappa shape index (κ3) is 4.12. The highest BCUT2D eigenvalue weighted by atomic mass is 35.5. The van der Waals surface area contributed by atoms with Crippen molar-refractivity contribution in [2.75, 3.05) is 39.3 Å². The van der Waals surface area contributed by atoms with E-state index in [1.807, 2.05) is 4.90 Å². The van der Waals surface area contributed by atoms with Crippen molar-refractivity contribution in [2.45, 2.75) is 19.4 Å². The maximum absolute atomic E-state index is 13.3. The number of rotatable bonds is 3. The molecule has 1 unspecified atom stereocenters. The predicted octanol–water partition coefficient (Wildman–Crippen LogP) is 1.26.